The summed E-state index contributed by atoms with van der Waals surface area (Å²) in [6.45, 7) is 2.22. The molecule has 17 heavy (non-hydrogen) atoms. The number of pyridine rings is 1. The van der Waals surface area contributed by atoms with Gasteiger partial charge < -0.3 is 4.74 Å². The van der Waals surface area contributed by atoms with Crippen molar-refractivity contribution in [3.05, 3.63) is 36.5 Å². The molecule has 0 bridgehead atoms. The number of unbranched alkanes of at least 4 members (excludes halogenated alkanes) is 1. The highest BCUT2D eigenvalue weighted by Gasteiger charge is 2.10. The van der Waals surface area contributed by atoms with Crippen molar-refractivity contribution in [1.82, 2.24) is 0 Å². The van der Waals surface area contributed by atoms with Crippen molar-refractivity contribution in [2.75, 3.05) is 12.9 Å². The molecule has 0 radical (unpaired) electrons. The van der Waals surface area contributed by atoms with Gasteiger partial charge in [-0.15, -0.1) is 3.97 Å². The number of hydrogen-bond donors (Lipinski definition) is 0. The Morgan fingerprint density at radius 2 is 2.18 bits per heavy atom. The van der Waals surface area contributed by atoms with Crippen molar-refractivity contribution in [3.8, 4) is 5.75 Å². The zero-order valence-corrected chi connectivity index (χ0v) is 11.2. The number of benzene rings is 1. The quantitative estimate of drug-likeness (QED) is 0.594. The van der Waals surface area contributed by atoms with E-state index in [1.807, 2.05) is 18.0 Å². The van der Waals surface area contributed by atoms with Crippen LogP contribution in [0, 0.1) is 0 Å². The van der Waals surface area contributed by atoms with Crippen molar-refractivity contribution < 1.29 is 8.71 Å². The van der Waals surface area contributed by atoms with Crippen LogP contribution in [0.25, 0.3) is 10.9 Å². The summed E-state index contributed by atoms with van der Waals surface area (Å²) in [5.74, 6) is 2.07. The molecule has 0 aliphatic heterocycles. The van der Waals surface area contributed by atoms with Crippen LogP contribution < -0.4 is 8.71 Å². The standard InChI is InChI=1S/C14H18NOS/c1-3-4-10-17-15-9-5-6-12-11-13(16-2)7-8-14(12)15/h5-9,11H,3-4,10H2,1-2H3/q+1. The number of aromatic nitrogens is 1. The van der Waals surface area contributed by atoms with E-state index < -0.39 is 0 Å². The van der Waals surface area contributed by atoms with Gasteiger partial charge in [0.15, 0.2) is 18.1 Å². The van der Waals surface area contributed by atoms with E-state index in [0.29, 0.717) is 0 Å². The second-order valence-corrected chi connectivity index (χ2v) is 5.01. The Morgan fingerprint density at radius 1 is 1.29 bits per heavy atom. The Kier molecular flexibility index (Phi) is 4.26. The predicted octanol–water partition coefficient (Wildman–Crippen LogP) is 3.43. The first kappa shape index (κ1) is 12.2. The van der Waals surface area contributed by atoms with Crippen LogP contribution in [-0.2, 0) is 0 Å². The zero-order valence-electron chi connectivity index (χ0n) is 10.3. The fraction of sp³-hybridized carbons (Fsp3) is 0.357. The Balaban J connectivity index is 2.30. The first-order valence-corrected chi connectivity index (χ1v) is 6.91. The Bertz CT molecular complexity index is 499. The summed E-state index contributed by atoms with van der Waals surface area (Å²) in [5.41, 5.74) is 1.24. The van der Waals surface area contributed by atoms with Crippen LogP contribution in [-0.4, -0.2) is 12.9 Å². The van der Waals surface area contributed by atoms with Gasteiger partial charge in [-0.1, -0.05) is 13.3 Å². The predicted molar refractivity (Wildman–Crippen MR) is 73.5 cm³/mol. The summed E-state index contributed by atoms with van der Waals surface area (Å²) in [5, 5.41) is 1.22. The van der Waals surface area contributed by atoms with Crippen molar-refractivity contribution in [1.29, 1.82) is 0 Å². The number of rotatable bonds is 5. The van der Waals surface area contributed by atoms with E-state index in [-0.39, 0.29) is 0 Å². The monoisotopic (exact) mass is 248 g/mol. The van der Waals surface area contributed by atoms with E-state index in [1.54, 1.807) is 7.11 Å². The smallest absolute Gasteiger partial charge is 0.226 e. The molecule has 1 heterocycles. The molecule has 0 atom stereocenters. The summed E-state index contributed by atoms with van der Waals surface area (Å²) in [4.78, 5) is 0. The molecule has 90 valence electrons. The Hall–Kier alpha value is -1.22. The molecule has 3 heteroatoms. The third kappa shape index (κ3) is 2.91. The Labute approximate surface area is 107 Å². The molecule has 0 N–H and O–H groups in total. The highest BCUT2D eigenvalue weighted by Crippen LogP contribution is 2.19. The minimum atomic E-state index is 0.911. The number of fused-ring (bicyclic) bond motifs is 1. The van der Waals surface area contributed by atoms with Crippen molar-refractivity contribution in [2.45, 2.75) is 19.8 Å². The fourth-order valence-corrected chi connectivity index (χ4v) is 2.79. The Morgan fingerprint density at radius 3 is 2.94 bits per heavy atom. The summed E-state index contributed by atoms with van der Waals surface area (Å²) in [6.07, 6.45) is 4.62. The van der Waals surface area contributed by atoms with Crippen molar-refractivity contribution in [2.24, 2.45) is 0 Å². The lowest BCUT2D eigenvalue weighted by Crippen LogP contribution is -2.25. The van der Waals surface area contributed by atoms with Gasteiger partial charge in [0.25, 0.3) is 0 Å². The van der Waals surface area contributed by atoms with Gasteiger partial charge in [0.1, 0.15) is 5.75 Å². The van der Waals surface area contributed by atoms with Crippen LogP contribution >= 0.6 is 11.9 Å². The maximum absolute atomic E-state index is 5.24. The lowest BCUT2D eigenvalue weighted by Gasteiger charge is -2.01. The molecule has 0 aliphatic rings. The molecule has 0 fully saturated rings. The topological polar surface area (TPSA) is 13.1 Å². The van der Waals surface area contributed by atoms with Crippen LogP contribution in [0.15, 0.2) is 36.5 Å². The van der Waals surface area contributed by atoms with Crippen molar-refractivity contribution >= 4 is 22.9 Å². The fourth-order valence-electron chi connectivity index (χ4n) is 1.72. The van der Waals surface area contributed by atoms with E-state index >= 15 is 0 Å². The number of hydrogen-bond acceptors (Lipinski definition) is 2. The SMILES string of the molecule is CCCCS[n+]1cccc2cc(OC)ccc21. The normalized spacial score (nSPS) is 10.7. The zero-order chi connectivity index (χ0) is 12.1. The molecule has 0 saturated carbocycles. The van der Waals surface area contributed by atoms with Gasteiger partial charge >= 0.3 is 0 Å². The van der Waals surface area contributed by atoms with Gasteiger partial charge in [0, 0.05) is 12.1 Å². The van der Waals surface area contributed by atoms with Crippen LogP contribution in [0.2, 0.25) is 0 Å². The molecule has 2 rings (SSSR count). The van der Waals surface area contributed by atoms with E-state index in [2.05, 4.69) is 41.4 Å². The lowest BCUT2D eigenvalue weighted by molar-refractivity contribution is -0.463. The van der Waals surface area contributed by atoms with E-state index in [4.69, 9.17) is 4.74 Å². The second kappa shape index (κ2) is 5.92. The summed E-state index contributed by atoms with van der Waals surface area (Å²) < 4.78 is 7.49. The van der Waals surface area contributed by atoms with Gasteiger partial charge in [-0.2, -0.15) is 0 Å². The van der Waals surface area contributed by atoms with Crippen LogP contribution in [0.3, 0.4) is 0 Å². The molecule has 0 unspecified atom stereocenters. The van der Waals surface area contributed by atoms with Gasteiger partial charge in [-0.3, -0.25) is 0 Å². The minimum Gasteiger partial charge on any atom is -0.497 e. The van der Waals surface area contributed by atoms with Gasteiger partial charge in [-0.05, 0) is 24.6 Å². The molecular weight excluding hydrogens is 230 g/mol. The first-order chi connectivity index (χ1) is 8.35. The summed E-state index contributed by atoms with van der Waals surface area (Å²) in [7, 11) is 1.70. The average molecular weight is 248 g/mol. The maximum Gasteiger partial charge on any atom is 0.226 e. The molecule has 0 aliphatic carbocycles. The highest BCUT2D eigenvalue weighted by molar-refractivity contribution is 7.92. The largest absolute Gasteiger partial charge is 0.497 e. The van der Waals surface area contributed by atoms with Crippen LogP contribution in [0.1, 0.15) is 19.8 Å². The molecule has 0 amide bonds. The van der Waals surface area contributed by atoms with Gasteiger partial charge in [0.05, 0.1) is 18.2 Å². The molecule has 1 aromatic heterocycles. The van der Waals surface area contributed by atoms with Gasteiger partial charge in [0.2, 0.25) is 5.52 Å². The third-order valence-corrected chi connectivity index (χ3v) is 3.77. The maximum atomic E-state index is 5.24. The highest BCUT2D eigenvalue weighted by atomic mass is 32.2. The molecular formula is C14H18NOS+. The first-order valence-electron chi connectivity index (χ1n) is 5.97. The van der Waals surface area contributed by atoms with E-state index in [1.165, 1.54) is 23.7 Å². The number of ether oxygens (including phenoxy) is 1. The molecule has 2 nitrogen and oxygen atoms in total. The molecule has 2 aromatic rings. The summed E-state index contributed by atoms with van der Waals surface area (Å²) in [6, 6.07) is 10.4. The van der Waals surface area contributed by atoms with E-state index in [0.717, 1.165) is 11.5 Å². The third-order valence-electron chi connectivity index (χ3n) is 2.70. The number of methoxy groups -OCH3 is 1. The van der Waals surface area contributed by atoms with Gasteiger partial charge in [-0.25, -0.2) is 0 Å². The van der Waals surface area contributed by atoms with E-state index in [9.17, 15) is 0 Å². The molecule has 0 saturated heterocycles. The molecule has 1 aromatic carbocycles. The minimum absolute atomic E-state index is 0.911. The summed E-state index contributed by atoms with van der Waals surface area (Å²) >= 11 is 1.86. The second-order valence-electron chi connectivity index (χ2n) is 3.95. The van der Waals surface area contributed by atoms with Crippen LogP contribution in [0.4, 0.5) is 0 Å². The van der Waals surface area contributed by atoms with Crippen molar-refractivity contribution in [3.63, 3.8) is 0 Å². The van der Waals surface area contributed by atoms with Crippen LogP contribution in [0.5, 0.6) is 5.75 Å². The average Bonchev–Trinajstić information content (AvgIpc) is 2.38. The lowest BCUT2D eigenvalue weighted by atomic mass is 10.2. The number of nitrogens with zero attached hydrogens (tertiary/aromatic N) is 1. The molecule has 0 spiro atoms.